The molecule has 8 heteroatoms. The Hall–Kier alpha value is -1.34. The highest BCUT2D eigenvalue weighted by Crippen LogP contribution is 2.28. The molecule has 1 aliphatic rings. The van der Waals surface area contributed by atoms with Gasteiger partial charge in [0.1, 0.15) is 5.75 Å². The monoisotopic (exact) mass is 329 g/mol. The summed E-state index contributed by atoms with van der Waals surface area (Å²) in [6.45, 7) is 0.666. The topological polar surface area (TPSA) is 80.4 Å². The van der Waals surface area contributed by atoms with Crippen molar-refractivity contribution in [2.24, 2.45) is 0 Å². The predicted molar refractivity (Wildman–Crippen MR) is 76.5 cm³/mol. The minimum Gasteiger partial charge on any atom is -0.484 e. The second kappa shape index (κ2) is 6.19. The summed E-state index contributed by atoms with van der Waals surface area (Å²) < 4.78 is 10.7. The summed E-state index contributed by atoms with van der Waals surface area (Å²) in [4.78, 5) is 4.24. The van der Waals surface area contributed by atoms with E-state index < -0.39 is 0 Å². The van der Waals surface area contributed by atoms with Gasteiger partial charge < -0.3 is 19.7 Å². The van der Waals surface area contributed by atoms with Crippen LogP contribution in [-0.4, -0.2) is 27.9 Å². The fourth-order valence-electron chi connectivity index (χ4n) is 2.11. The molecule has 1 saturated heterocycles. The number of aliphatic hydroxyl groups excluding tert-OH is 1. The molecule has 2 atom stereocenters. The van der Waals surface area contributed by atoms with Gasteiger partial charge in [-0.25, -0.2) is 0 Å². The maximum Gasteiger partial charge on any atom is 0.244 e. The molecule has 0 amide bonds. The summed E-state index contributed by atoms with van der Waals surface area (Å²) in [5.74, 6) is 1.37. The highest BCUT2D eigenvalue weighted by atomic mass is 35.5. The van der Waals surface area contributed by atoms with Gasteiger partial charge in [0.2, 0.25) is 11.7 Å². The van der Waals surface area contributed by atoms with Crippen molar-refractivity contribution in [3.8, 4) is 5.75 Å². The largest absolute Gasteiger partial charge is 0.484 e. The van der Waals surface area contributed by atoms with Crippen molar-refractivity contribution in [1.29, 1.82) is 0 Å². The van der Waals surface area contributed by atoms with Crippen LogP contribution in [0, 0.1) is 0 Å². The molecule has 6 nitrogen and oxygen atoms in total. The van der Waals surface area contributed by atoms with Crippen LogP contribution in [0.25, 0.3) is 0 Å². The lowest BCUT2D eigenvalue weighted by Gasteiger charge is -2.05. The Kier molecular flexibility index (Phi) is 4.30. The van der Waals surface area contributed by atoms with E-state index in [0.29, 0.717) is 40.5 Å². The third-order valence-corrected chi connectivity index (χ3v) is 3.67. The van der Waals surface area contributed by atoms with Crippen LogP contribution in [0.3, 0.4) is 0 Å². The number of β-amino-alcohol motifs (C(OH)–C–C–N with tert-alkyl or cyclic N) is 1. The number of ether oxygens (including phenoxy) is 1. The molecule has 0 radical (unpaired) electrons. The fourth-order valence-corrected chi connectivity index (χ4v) is 2.57. The Morgan fingerprint density at radius 1 is 1.43 bits per heavy atom. The van der Waals surface area contributed by atoms with Crippen LogP contribution < -0.4 is 10.1 Å². The summed E-state index contributed by atoms with van der Waals surface area (Å²) in [7, 11) is 0. The number of hydrogen-bond acceptors (Lipinski definition) is 6. The second-order valence-corrected chi connectivity index (χ2v) is 5.61. The summed E-state index contributed by atoms with van der Waals surface area (Å²) >= 11 is 11.8. The van der Waals surface area contributed by atoms with Crippen LogP contribution in [0.4, 0.5) is 0 Å². The molecular formula is C13H13Cl2N3O3. The molecule has 21 heavy (non-hydrogen) atoms. The van der Waals surface area contributed by atoms with Crippen LogP contribution in [0.15, 0.2) is 22.7 Å². The number of aliphatic hydroxyl groups is 1. The highest BCUT2D eigenvalue weighted by Gasteiger charge is 2.28. The molecule has 1 aromatic heterocycles. The van der Waals surface area contributed by atoms with Crippen LogP contribution in [0.1, 0.15) is 24.2 Å². The number of halogens is 2. The molecular weight excluding hydrogens is 317 g/mol. The third-order valence-electron chi connectivity index (χ3n) is 3.14. The molecule has 1 fully saturated rings. The van der Waals surface area contributed by atoms with E-state index in [1.165, 1.54) is 0 Å². The number of nitrogens with one attached hydrogen (secondary N) is 1. The van der Waals surface area contributed by atoms with Gasteiger partial charge in [0.15, 0.2) is 6.61 Å². The average Bonchev–Trinajstić information content (AvgIpc) is 3.06. The van der Waals surface area contributed by atoms with Gasteiger partial charge in [0.05, 0.1) is 17.2 Å². The summed E-state index contributed by atoms with van der Waals surface area (Å²) in [5.41, 5.74) is 0. The van der Waals surface area contributed by atoms with E-state index in [4.69, 9.17) is 32.5 Å². The van der Waals surface area contributed by atoms with Crippen molar-refractivity contribution in [1.82, 2.24) is 15.5 Å². The first-order chi connectivity index (χ1) is 10.1. The molecule has 1 aromatic carbocycles. The zero-order valence-corrected chi connectivity index (χ0v) is 12.4. The van der Waals surface area contributed by atoms with E-state index >= 15 is 0 Å². The first-order valence-electron chi connectivity index (χ1n) is 6.43. The van der Waals surface area contributed by atoms with Gasteiger partial charge in [-0.1, -0.05) is 28.4 Å². The summed E-state index contributed by atoms with van der Waals surface area (Å²) in [6, 6.07) is 4.86. The minimum atomic E-state index is -0.380. The molecule has 0 spiro atoms. The normalized spacial score (nSPS) is 21.7. The van der Waals surface area contributed by atoms with Crippen LogP contribution in [-0.2, 0) is 6.61 Å². The molecule has 0 saturated carbocycles. The number of benzene rings is 1. The van der Waals surface area contributed by atoms with Crippen molar-refractivity contribution in [3.05, 3.63) is 40.0 Å². The van der Waals surface area contributed by atoms with E-state index in [1.54, 1.807) is 18.2 Å². The van der Waals surface area contributed by atoms with Gasteiger partial charge in [0.25, 0.3) is 0 Å². The van der Waals surface area contributed by atoms with E-state index in [2.05, 4.69) is 15.5 Å². The predicted octanol–water partition coefficient (Wildman–Crippen LogP) is 2.35. The van der Waals surface area contributed by atoms with E-state index in [0.717, 1.165) is 0 Å². The lowest BCUT2D eigenvalue weighted by Crippen LogP contribution is -2.15. The van der Waals surface area contributed by atoms with E-state index in [1.807, 2.05) is 0 Å². The Morgan fingerprint density at radius 2 is 2.29 bits per heavy atom. The zero-order valence-electron chi connectivity index (χ0n) is 10.9. The summed E-state index contributed by atoms with van der Waals surface area (Å²) in [5, 5.41) is 17.4. The fraction of sp³-hybridized carbons (Fsp3) is 0.385. The second-order valence-electron chi connectivity index (χ2n) is 4.76. The standard InChI is InChI=1S/C13H13Cl2N3O3/c14-7-1-2-11(9(15)3-7)20-6-12-17-13(21-18-12)10-4-8(19)5-16-10/h1-3,8,10,16,19H,4-6H2/t8-,10-/m1/s1. The zero-order chi connectivity index (χ0) is 14.8. The minimum absolute atomic E-state index is 0.111. The molecule has 0 unspecified atom stereocenters. The summed E-state index contributed by atoms with van der Waals surface area (Å²) in [6.07, 6.45) is 0.181. The molecule has 0 aliphatic carbocycles. The smallest absolute Gasteiger partial charge is 0.244 e. The van der Waals surface area contributed by atoms with Crippen molar-refractivity contribution in [2.75, 3.05) is 6.54 Å². The van der Waals surface area contributed by atoms with Crippen LogP contribution in [0.5, 0.6) is 5.75 Å². The number of nitrogens with zero attached hydrogens (tertiary/aromatic N) is 2. The molecule has 3 rings (SSSR count). The molecule has 112 valence electrons. The Balaban J connectivity index is 1.62. The van der Waals surface area contributed by atoms with Gasteiger partial charge in [0, 0.05) is 11.6 Å². The SMILES string of the molecule is O[C@H]1CN[C@@H](c2nc(COc3ccc(Cl)cc3Cl)no2)C1. The van der Waals surface area contributed by atoms with Crippen molar-refractivity contribution in [2.45, 2.75) is 25.2 Å². The van der Waals surface area contributed by atoms with Gasteiger partial charge in [-0.3, -0.25) is 0 Å². The molecule has 2 heterocycles. The Morgan fingerprint density at radius 3 is 3.00 bits per heavy atom. The quantitative estimate of drug-likeness (QED) is 0.896. The van der Waals surface area contributed by atoms with Gasteiger partial charge in [-0.2, -0.15) is 4.98 Å². The molecule has 1 aliphatic heterocycles. The first-order valence-corrected chi connectivity index (χ1v) is 7.19. The number of aromatic nitrogens is 2. The van der Waals surface area contributed by atoms with Crippen molar-refractivity contribution in [3.63, 3.8) is 0 Å². The number of rotatable bonds is 4. The van der Waals surface area contributed by atoms with Gasteiger partial charge in [-0.05, 0) is 24.6 Å². The molecule has 0 bridgehead atoms. The molecule has 2 N–H and O–H groups in total. The van der Waals surface area contributed by atoms with Crippen molar-refractivity contribution < 1.29 is 14.4 Å². The Labute approximate surface area is 131 Å². The van der Waals surface area contributed by atoms with Crippen molar-refractivity contribution >= 4 is 23.2 Å². The van der Waals surface area contributed by atoms with Gasteiger partial charge >= 0.3 is 0 Å². The van der Waals surface area contributed by atoms with E-state index in [9.17, 15) is 5.11 Å². The average molecular weight is 330 g/mol. The maximum atomic E-state index is 9.47. The lowest BCUT2D eigenvalue weighted by molar-refractivity contribution is 0.191. The van der Waals surface area contributed by atoms with Gasteiger partial charge in [-0.15, -0.1) is 0 Å². The molecule has 2 aromatic rings. The first kappa shape index (κ1) is 14.6. The lowest BCUT2D eigenvalue weighted by atomic mass is 10.2. The Bertz CT molecular complexity index is 635. The maximum absolute atomic E-state index is 9.47. The van der Waals surface area contributed by atoms with E-state index in [-0.39, 0.29) is 18.8 Å². The van der Waals surface area contributed by atoms with Crippen LogP contribution >= 0.6 is 23.2 Å². The third kappa shape index (κ3) is 3.47. The van der Waals surface area contributed by atoms with Crippen LogP contribution in [0.2, 0.25) is 10.0 Å². The highest BCUT2D eigenvalue weighted by molar-refractivity contribution is 6.35. The number of hydrogen-bond donors (Lipinski definition) is 2.